The van der Waals surface area contributed by atoms with Crippen LogP contribution in [-0.4, -0.2) is 56.9 Å². The summed E-state index contributed by atoms with van der Waals surface area (Å²) in [4.78, 5) is 10.8. The molecule has 9 heteroatoms. The molecule has 0 aliphatic heterocycles. The summed E-state index contributed by atoms with van der Waals surface area (Å²) in [6.07, 6.45) is -2.35. The minimum absolute atomic E-state index is 0.0385. The summed E-state index contributed by atoms with van der Waals surface area (Å²) in [5.41, 5.74) is 2.18. The van der Waals surface area contributed by atoms with Gasteiger partial charge in [0.1, 0.15) is 11.3 Å². The number of rotatable bonds is 9. The Hall–Kier alpha value is -2.65. The molecule has 0 aliphatic carbocycles. The molecule has 0 saturated heterocycles. The number of fused-ring (bicyclic) bond motifs is 1. The first-order valence-electron chi connectivity index (χ1n) is 10.6. The van der Waals surface area contributed by atoms with Gasteiger partial charge >= 0.3 is 6.18 Å². The number of halogens is 3. The van der Waals surface area contributed by atoms with E-state index >= 15 is 0 Å². The van der Waals surface area contributed by atoms with Gasteiger partial charge in [0.25, 0.3) is 0 Å². The lowest BCUT2D eigenvalue weighted by molar-refractivity contribution is -0.138. The molecule has 0 unspecified atom stereocenters. The number of hydrogen-bond acceptors (Lipinski definition) is 5. The van der Waals surface area contributed by atoms with Crippen LogP contribution in [0.3, 0.4) is 0 Å². The van der Waals surface area contributed by atoms with E-state index in [1.54, 1.807) is 25.4 Å². The van der Waals surface area contributed by atoms with Crippen LogP contribution in [0.2, 0.25) is 0 Å². The van der Waals surface area contributed by atoms with Crippen LogP contribution in [-0.2, 0) is 13.2 Å². The monoisotopic (exact) mass is 450 g/mol. The summed E-state index contributed by atoms with van der Waals surface area (Å²) < 4.78 is 48.7. The van der Waals surface area contributed by atoms with Gasteiger partial charge in [0, 0.05) is 31.7 Å². The second-order valence-corrected chi connectivity index (χ2v) is 8.08. The second kappa shape index (κ2) is 9.87. The van der Waals surface area contributed by atoms with Crippen LogP contribution in [0.1, 0.15) is 31.5 Å². The number of nitrogens with zero attached hydrogens (tertiary/aromatic N) is 4. The average molecular weight is 451 g/mol. The highest BCUT2D eigenvalue weighted by Gasteiger charge is 2.35. The Bertz CT molecular complexity index is 1060. The summed E-state index contributed by atoms with van der Waals surface area (Å²) >= 11 is 0. The molecule has 0 bridgehead atoms. The van der Waals surface area contributed by atoms with Crippen molar-refractivity contribution >= 4 is 11.0 Å². The lowest BCUT2D eigenvalue weighted by atomic mass is 10.1. The number of alkyl halides is 3. The summed E-state index contributed by atoms with van der Waals surface area (Å²) in [6.45, 7) is 7.15. The number of aromatic nitrogens is 3. The van der Waals surface area contributed by atoms with Crippen molar-refractivity contribution in [2.75, 3.05) is 26.3 Å². The van der Waals surface area contributed by atoms with Crippen molar-refractivity contribution < 1.29 is 23.0 Å². The molecule has 2 heterocycles. The third-order valence-corrected chi connectivity index (χ3v) is 5.43. The Morgan fingerprint density at radius 1 is 1.19 bits per heavy atom. The molecule has 6 nitrogen and oxygen atoms in total. The van der Waals surface area contributed by atoms with Crippen LogP contribution >= 0.6 is 0 Å². The molecule has 1 N–H and O–H groups in total. The second-order valence-electron chi connectivity index (χ2n) is 8.08. The summed E-state index contributed by atoms with van der Waals surface area (Å²) in [5, 5.41) is 9.14. The van der Waals surface area contributed by atoms with Crippen molar-refractivity contribution in [2.45, 2.75) is 39.4 Å². The van der Waals surface area contributed by atoms with E-state index < -0.39 is 11.7 Å². The molecule has 174 valence electrons. The van der Waals surface area contributed by atoms with E-state index in [0.29, 0.717) is 36.5 Å². The molecule has 0 spiro atoms. The smallest absolute Gasteiger partial charge is 0.419 e. The Labute approximate surface area is 185 Å². The molecular formula is C23H29F3N4O2. The van der Waals surface area contributed by atoms with Crippen LogP contribution in [0, 0.1) is 6.92 Å². The Morgan fingerprint density at radius 3 is 2.59 bits per heavy atom. The number of ether oxygens (including phenoxy) is 1. The van der Waals surface area contributed by atoms with Gasteiger partial charge in [-0.15, -0.1) is 0 Å². The SMILES string of the molecule is Cc1nc(-c2ccc(OCCCN(CCO)C(C)C)c(C(F)(F)F)c2)cc2c1ncn2C. The third-order valence-electron chi connectivity index (χ3n) is 5.43. The number of aryl methyl sites for hydroxylation is 2. The first kappa shape index (κ1) is 24.0. The molecule has 0 radical (unpaired) electrons. The number of pyridine rings is 1. The number of imidazole rings is 1. The van der Waals surface area contributed by atoms with Crippen LogP contribution in [0.4, 0.5) is 13.2 Å². The Kier molecular flexibility index (Phi) is 7.40. The van der Waals surface area contributed by atoms with Gasteiger partial charge in [0.2, 0.25) is 0 Å². The van der Waals surface area contributed by atoms with Gasteiger partial charge in [0.15, 0.2) is 0 Å². The molecule has 3 aromatic rings. The molecule has 0 atom stereocenters. The van der Waals surface area contributed by atoms with Crippen molar-refractivity contribution in [3.63, 3.8) is 0 Å². The van der Waals surface area contributed by atoms with Crippen molar-refractivity contribution in [2.24, 2.45) is 7.05 Å². The quantitative estimate of drug-likeness (QED) is 0.489. The predicted octanol–water partition coefficient (Wildman–Crippen LogP) is 4.43. The zero-order chi connectivity index (χ0) is 23.5. The fraction of sp³-hybridized carbons (Fsp3) is 0.478. The first-order chi connectivity index (χ1) is 15.1. The zero-order valence-electron chi connectivity index (χ0n) is 18.8. The van der Waals surface area contributed by atoms with E-state index in [-0.39, 0.29) is 25.0 Å². The molecule has 0 saturated carbocycles. The lowest BCUT2D eigenvalue weighted by Crippen LogP contribution is -2.34. The Morgan fingerprint density at radius 2 is 1.94 bits per heavy atom. The van der Waals surface area contributed by atoms with Gasteiger partial charge in [-0.1, -0.05) is 0 Å². The maximum absolute atomic E-state index is 13.8. The van der Waals surface area contributed by atoms with Gasteiger partial charge in [0.05, 0.1) is 42.0 Å². The molecular weight excluding hydrogens is 421 g/mol. The molecule has 0 fully saturated rings. The number of aliphatic hydroxyl groups excluding tert-OH is 1. The van der Waals surface area contributed by atoms with Crippen molar-refractivity contribution in [1.29, 1.82) is 0 Å². The lowest BCUT2D eigenvalue weighted by Gasteiger charge is -2.25. The summed E-state index contributed by atoms with van der Waals surface area (Å²) in [6, 6.07) is 6.02. The predicted molar refractivity (Wildman–Crippen MR) is 118 cm³/mol. The molecule has 1 aromatic carbocycles. The van der Waals surface area contributed by atoms with Gasteiger partial charge in [-0.2, -0.15) is 13.2 Å². The fourth-order valence-electron chi connectivity index (χ4n) is 3.68. The number of hydrogen-bond donors (Lipinski definition) is 1. The number of aliphatic hydroxyl groups is 1. The molecule has 0 amide bonds. The highest BCUT2D eigenvalue weighted by Crippen LogP contribution is 2.39. The van der Waals surface area contributed by atoms with Gasteiger partial charge in [-0.3, -0.25) is 9.88 Å². The van der Waals surface area contributed by atoms with Gasteiger partial charge in [-0.05, 0) is 51.5 Å². The molecule has 0 aliphatic rings. The maximum atomic E-state index is 13.8. The van der Waals surface area contributed by atoms with Crippen molar-refractivity contribution in [1.82, 2.24) is 19.4 Å². The van der Waals surface area contributed by atoms with E-state index in [1.165, 1.54) is 6.07 Å². The van der Waals surface area contributed by atoms with E-state index in [2.05, 4.69) is 14.9 Å². The van der Waals surface area contributed by atoms with Crippen LogP contribution < -0.4 is 4.74 Å². The topological polar surface area (TPSA) is 63.4 Å². The van der Waals surface area contributed by atoms with E-state index in [0.717, 1.165) is 17.1 Å². The van der Waals surface area contributed by atoms with Crippen molar-refractivity contribution in [3.8, 4) is 17.0 Å². The van der Waals surface area contributed by atoms with Crippen LogP contribution in [0.15, 0.2) is 30.6 Å². The normalized spacial score (nSPS) is 12.3. The highest BCUT2D eigenvalue weighted by molar-refractivity contribution is 5.82. The minimum Gasteiger partial charge on any atom is -0.493 e. The average Bonchev–Trinajstić information content (AvgIpc) is 3.11. The third kappa shape index (κ3) is 5.39. The Balaban J connectivity index is 1.82. The van der Waals surface area contributed by atoms with Crippen LogP contribution in [0.5, 0.6) is 5.75 Å². The first-order valence-corrected chi connectivity index (χ1v) is 10.6. The number of benzene rings is 1. The molecule has 2 aromatic heterocycles. The highest BCUT2D eigenvalue weighted by atomic mass is 19.4. The van der Waals surface area contributed by atoms with E-state index in [9.17, 15) is 13.2 Å². The van der Waals surface area contributed by atoms with Crippen LogP contribution in [0.25, 0.3) is 22.3 Å². The zero-order valence-corrected chi connectivity index (χ0v) is 18.8. The van der Waals surface area contributed by atoms with Crippen molar-refractivity contribution in [3.05, 3.63) is 41.9 Å². The maximum Gasteiger partial charge on any atom is 0.419 e. The van der Waals surface area contributed by atoms with Gasteiger partial charge < -0.3 is 14.4 Å². The van der Waals surface area contributed by atoms with E-state index in [1.807, 2.05) is 25.5 Å². The standard InChI is InChI=1S/C23H29F3N4O2/c1-15(2)30(9-10-31)8-5-11-32-21-7-6-17(12-18(21)23(24,25)26)19-13-20-22(16(3)28-19)27-14-29(20)4/h6-7,12-15,31H,5,8-11H2,1-4H3. The minimum atomic E-state index is -4.56. The van der Waals surface area contributed by atoms with Gasteiger partial charge in [-0.25, -0.2) is 4.98 Å². The fourth-order valence-corrected chi connectivity index (χ4v) is 3.68. The molecule has 3 rings (SSSR count). The van der Waals surface area contributed by atoms with E-state index in [4.69, 9.17) is 9.84 Å². The largest absolute Gasteiger partial charge is 0.493 e. The summed E-state index contributed by atoms with van der Waals surface area (Å²) in [5.74, 6) is -0.196. The molecule has 32 heavy (non-hydrogen) atoms. The summed E-state index contributed by atoms with van der Waals surface area (Å²) in [7, 11) is 1.83.